The lowest BCUT2D eigenvalue weighted by atomic mass is 10.0. The van der Waals surface area contributed by atoms with Crippen LogP contribution >= 0.6 is 15.9 Å². The minimum absolute atomic E-state index is 0.0914. The van der Waals surface area contributed by atoms with Crippen LogP contribution in [0.1, 0.15) is 17.3 Å². The molecule has 0 radical (unpaired) electrons. The molecule has 0 aromatic heterocycles. The Morgan fingerprint density at radius 1 is 1.14 bits per heavy atom. The molecule has 0 bridgehead atoms. The molecule has 2 aromatic carbocycles. The number of halogens is 1. The Bertz CT molecular complexity index is 503. The molecule has 0 fully saturated rings. The van der Waals surface area contributed by atoms with Crippen molar-refractivity contribution >= 4 is 32.5 Å². The Labute approximate surface area is 90.9 Å². The first-order chi connectivity index (χ1) is 6.70. The van der Waals surface area contributed by atoms with E-state index in [0.29, 0.717) is 0 Å². The van der Waals surface area contributed by atoms with Gasteiger partial charge < -0.3 is 0 Å². The highest BCUT2D eigenvalue weighted by Gasteiger charge is 2.08. The molecule has 2 rings (SSSR count). The zero-order chi connectivity index (χ0) is 10.1. The summed E-state index contributed by atoms with van der Waals surface area (Å²) in [5.74, 6) is 0.0914. The second-order valence-electron chi connectivity index (χ2n) is 3.20. The Morgan fingerprint density at radius 2 is 1.86 bits per heavy atom. The normalized spacial score (nSPS) is 10.4. The van der Waals surface area contributed by atoms with Gasteiger partial charge in [-0.25, -0.2) is 0 Å². The van der Waals surface area contributed by atoms with E-state index in [4.69, 9.17) is 0 Å². The number of Topliss-reactive ketones (excluding diaryl/α,β-unsaturated/α-hetero) is 1. The fourth-order valence-electron chi connectivity index (χ4n) is 1.60. The van der Waals surface area contributed by atoms with Crippen LogP contribution in [0.4, 0.5) is 0 Å². The van der Waals surface area contributed by atoms with Crippen LogP contribution < -0.4 is 0 Å². The molecular formula is C12H9BrO. The molecule has 0 unspecified atom stereocenters. The van der Waals surface area contributed by atoms with Gasteiger partial charge in [0.05, 0.1) is 0 Å². The van der Waals surface area contributed by atoms with E-state index in [1.807, 2.05) is 36.4 Å². The first-order valence-corrected chi connectivity index (χ1v) is 5.17. The van der Waals surface area contributed by atoms with Gasteiger partial charge in [0.15, 0.2) is 5.78 Å². The van der Waals surface area contributed by atoms with Gasteiger partial charge >= 0.3 is 0 Å². The van der Waals surface area contributed by atoms with Crippen LogP contribution in [0.15, 0.2) is 40.9 Å². The van der Waals surface area contributed by atoms with E-state index in [9.17, 15) is 4.79 Å². The summed E-state index contributed by atoms with van der Waals surface area (Å²) in [6.45, 7) is 1.59. The standard InChI is InChI=1S/C12H9BrO/c1-8(14)12-10-5-3-2-4-9(10)6-7-11(12)13/h2-7H,1H3. The van der Waals surface area contributed by atoms with E-state index in [1.54, 1.807) is 6.92 Å². The summed E-state index contributed by atoms with van der Waals surface area (Å²) in [6, 6.07) is 11.8. The number of hydrogen-bond acceptors (Lipinski definition) is 1. The molecule has 0 aliphatic rings. The highest BCUT2D eigenvalue weighted by atomic mass is 79.9. The third-order valence-corrected chi connectivity index (χ3v) is 2.89. The molecule has 0 aliphatic heterocycles. The summed E-state index contributed by atoms with van der Waals surface area (Å²) in [5.41, 5.74) is 0.767. The lowest BCUT2D eigenvalue weighted by molar-refractivity contribution is 0.101. The largest absolute Gasteiger partial charge is 0.294 e. The number of benzene rings is 2. The van der Waals surface area contributed by atoms with Gasteiger partial charge in [-0.1, -0.05) is 46.3 Å². The number of hydrogen-bond donors (Lipinski definition) is 0. The topological polar surface area (TPSA) is 17.1 Å². The first-order valence-electron chi connectivity index (χ1n) is 4.38. The molecule has 0 N–H and O–H groups in total. The summed E-state index contributed by atoms with van der Waals surface area (Å²) >= 11 is 3.40. The average molecular weight is 249 g/mol. The monoisotopic (exact) mass is 248 g/mol. The minimum Gasteiger partial charge on any atom is -0.294 e. The second kappa shape index (κ2) is 3.54. The number of rotatable bonds is 1. The summed E-state index contributed by atoms with van der Waals surface area (Å²) in [6.07, 6.45) is 0. The molecule has 70 valence electrons. The van der Waals surface area contributed by atoms with Crippen molar-refractivity contribution in [3.8, 4) is 0 Å². The van der Waals surface area contributed by atoms with Gasteiger partial charge in [-0.2, -0.15) is 0 Å². The van der Waals surface area contributed by atoms with Crippen LogP contribution in [-0.4, -0.2) is 5.78 Å². The summed E-state index contributed by atoms with van der Waals surface area (Å²) < 4.78 is 0.865. The number of carbonyl (C=O) groups is 1. The van der Waals surface area contributed by atoms with Crippen LogP contribution in [-0.2, 0) is 0 Å². The summed E-state index contributed by atoms with van der Waals surface area (Å²) in [4.78, 5) is 11.5. The minimum atomic E-state index is 0.0914. The zero-order valence-corrected chi connectivity index (χ0v) is 9.34. The lowest BCUT2D eigenvalue weighted by Gasteiger charge is -2.05. The summed E-state index contributed by atoms with van der Waals surface area (Å²) in [7, 11) is 0. The molecule has 0 aliphatic carbocycles. The molecule has 2 heteroatoms. The van der Waals surface area contributed by atoms with E-state index >= 15 is 0 Å². The molecule has 0 saturated carbocycles. The van der Waals surface area contributed by atoms with Gasteiger partial charge in [0, 0.05) is 10.0 Å². The number of carbonyl (C=O) groups excluding carboxylic acids is 1. The van der Waals surface area contributed by atoms with Crippen molar-refractivity contribution in [2.24, 2.45) is 0 Å². The molecule has 0 atom stereocenters. The van der Waals surface area contributed by atoms with E-state index in [-0.39, 0.29) is 5.78 Å². The number of fused-ring (bicyclic) bond motifs is 1. The highest BCUT2D eigenvalue weighted by Crippen LogP contribution is 2.26. The van der Waals surface area contributed by atoms with Gasteiger partial charge in [-0.05, 0) is 23.8 Å². The van der Waals surface area contributed by atoms with Gasteiger partial charge in [-0.15, -0.1) is 0 Å². The van der Waals surface area contributed by atoms with Crippen LogP contribution in [0.25, 0.3) is 10.8 Å². The smallest absolute Gasteiger partial charge is 0.161 e. The Hall–Kier alpha value is -1.15. The Balaban J connectivity index is 2.90. The zero-order valence-electron chi connectivity index (χ0n) is 7.75. The van der Waals surface area contributed by atoms with Crippen molar-refractivity contribution < 1.29 is 4.79 Å². The number of ketones is 1. The summed E-state index contributed by atoms with van der Waals surface area (Å²) in [5, 5.41) is 2.11. The van der Waals surface area contributed by atoms with Crippen LogP contribution in [0, 0.1) is 0 Å². The maximum atomic E-state index is 11.5. The van der Waals surface area contributed by atoms with E-state index in [0.717, 1.165) is 20.8 Å². The maximum Gasteiger partial charge on any atom is 0.161 e. The molecule has 14 heavy (non-hydrogen) atoms. The lowest BCUT2D eigenvalue weighted by Crippen LogP contribution is -1.94. The molecule has 0 amide bonds. The van der Waals surface area contributed by atoms with Crippen LogP contribution in [0.5, 0.6) is 0 Å². The fraction of sp³-hybridized carbons (Fsp3) is 0.0833. The molecule has 0 saturated heterocycles. The molecule has 0 heterocycles. The van der Waals surface area contributed by atoms with Gasteiger partial charge in [0.2, 0.25) is 0 Å². The molecule has 2 aromatic rings. The predicted molar refractivity (Wildman–Crippen MR) is 61.7 cm³/mol. The maximum absolute atomic E-state index is 11.5. The van der Waals surface area contributed by atoms with Gasteiger partial charge in [-0.3, -0.25) is 4.79 Å². The molecule has 0 spiro atoms. The van der Waals surface area contributed by atoms with Gasteiger partial charge in [0.25, 0.3) is 0 Å². The average Bonchev–Trinajstić information content (AvgIpc) is 2.17. The van der Waals surface area contributed by atoms with Crippen molar-refractivity contribution in [1.29, 1.82) is 0 Å². The van der Waals surface area contributed by atoms with Crippen molar-refractivity contribution in [3.63, 3.8) is 0 Å². The van der Waals surface area contributed by atoms with E-state index in [2.05, 4.69) is 15.9 Å². The van der Waals surface area contributed by atoms with Crippen molar-refractivity contribution in [3.05, 3.63) is 46.4 Å². The molecule has 1 nitrogen and oxygen atoms in total. The molecular weight excluding hydrogens is 240 g/mol. The second-order valence-corrected chi connectivity index (χ2v) is 4.05. The third kappa shape index (κ3) is 1.46. The highest BCUT2D eigenvalue weighted by molar-refractivity contribution is 9.10. The quantitative estimate of drug-likeness (QED) is 0.702. The van der Waals surface area contributed by atoms with E-state index < -0.39 is 0 Å². The predicted octanol–water partition coefficient (Wildman–Crippen LogP) is 3.80. The van der Waals surface area contributed by atoms with Crippen molar-refractivity contribution in [2.75, 3.05) is 0 Å². The Morgan fingerprint density at radius 3 is 2.57 bits per heavy atom. The van der Waals surface area contributed by atoms with Crippen LogP contribution in [0.2, 0.25) is 0 Å². The van der Waals surface area contributed by atoms with Crippen molar-refractivity contribution in [1.82, 2.24) is 0 Å². The van der Waals surface area contributed by atoms with E-state index in [1.165, 1.54) is 0 Å². The van der Waals surface area contributed by atoms with Gasteiger partial charge in [0.1, 0.15) is 0 Å². The van der Waals surface area contributed by atoms with Crippen LogP contribution in [0.3, 0.4) is 0 Å². The Kier molecular flexibility index (Phi) is 2.38. The first kappa shape index (κ1) is 9.41. The fourth-order valence-corrected chi connectivity index (χ4v) is 2.23. The third-order valence-electron chi connectivity index (χ3n) is 2.23. The SMILES string of the molecule is CC(=O)c1c(Br)ccc2ccccc12. The van der Waals surface area contributed by atoms with Crippen molar-refractivity contribution in [2.45, 2.75) is 6.92 Å².